The highest BCUT2D eigenvalue weighted by atomic mass is 19.4. The summed E-state index contributed by atoms with van der Waals surface area (Å²) in [5, 5.41) is 3.48. The average molecular weight is 363 g/mol. The summed E-state index contributed by atoms with van der Waals surface area (Å²) in [4.78, 5) is 1.71. The first kappa shape index (κ1) is 19.2. The van der Waals surface area contributed by atoms with Gasteiger partial charge in [0, 0.05) is 31.9 Å². The van der Waals surface area contributed by atoms with E-state index in [1.165, 1.54) is 13.2 Å². The Labute approximate surface area is 141 Å². The predicted molar refractivity (Wildman–Crippen MR) is 81.3 cm³/mol. The lowest BCUT2D eigenvalue weighted by Gasteiger charge is -2.17. The van der Waals surface area contributed by atoms with Gasteiger partial charge in [0.25, 0.3) is 6.43 Å². The van der Waals surface area contributed by atoms with Crippen LogP contribution in [0.25, 0.3) is 0 Å². The third-order valence-corrected chi connectivity index (χ3v) is 3.37. The van der Waals surface area contributed by atoms with Gasteiger partial charge in [0.1, 0.15) is 12.4 Å². The summed E-state index contributed by atoms with van der Waals surface area (Å²) in [5.74, 6) is 0.318. The second-order valence-corrected chi connectivity index (χ2v) is 5.69. The molecule has 138 valence electrons. The van der Waals surface area contributed by atoms with Gasteiger partial charge < -0.3 is 4.74 Å². The van der Waals surface area contributed by atoms with Crippen LogP contribution in [0.5, 0.6) is 5.75 Å². The zero-order valence-electron chi connectivity index (χ0n) is 13.7. The Balaban J connectivity index is 1.98. The van der Waals surface area contributed by atoms with E-state index in [9.17, 15) is 22.0 Å². The molecule has 0 radical (unpaired) electrons. The fourth-order valence-electron chi connectivity index (χ4n) is 2.40. The zero-order valence-corrected chi connectivity index (χ0v) is 13.7. The molecule has 2 rings (SSSR count). The van der Waals surface area contributed by atoms with Crippen LogP contribution < -0.4 is 4.74 Å². The second kappa shape index (κ2) is 7.81. The molecule has 0 aliphatic rings. The number of hydrogen-bond donors (Lipinski definition) is 0. The first-order valence-corrected chi connectivity index (χ1v) is 7.43. The van der Waals surface area contributed by atoms with Crippen LogP contribution in [0.1, 0.15) is 16.8 Å². The molecular weight excluding hydrogens is 345 g/mol. The van der Waals surface area contributed by atoms with Gasteiger partial charge in [0.2, 0.25) is 0 Å². The summed E-state index contributed by atoms with van der Waals surface area (Å²) in [6, 6.07) is 6.48. The Morgan fingerprint density at radius 1 is 1.16 bits per heavy atom. The fraction of sp³-hybridized carbons (Fsp3) is 0.438. The molecule has 1 aromatic carbocycles. The molecule has 0 unspecified atom stereocenters. The van der Waals surface area contributed by atoms with Gasteiger partial charge >= 0.3 is 6.18 Å². The maximum atomic E-state index is 13.0. The van der Waals surface area contributed by atoms with Crippen molar-refractivity contribution in [2.45, 2.75) is 25.7 Å². The summed E-state index contributed by atoms with van der Waals surface area (Å²) in [7, 11) is 3.13. The monoisotopic (exact) mass is 363 g/mol. The Hall–Kier alpha value is -2.16. The molecule has 9 heteroatoms. The van der Waals surface area contributed by atoms with E-state index >= 15 is 0 Å². The fourth-order valence-corrected chi connectivity index (χ4v) is 2.40. The van der Waals surface area contributed by atoms with Gasteiger partial charge in [0.15, 0.2) is 5.69 Å². The average Bonchev–Trinajstić information content (AvgIpc) is 2.87. The van der Waals surface area contributed by atoms with Crippen molar-refractivity contribution in [3.05, 3.63) is 47.3 Å². The first-order valence-electron chi connectivity index (χ1n) is 7.43. The van der Waals surface area contributed by atoms with E-state index in [2.05, 4.69) is 5.10 Å². The summed E-state index contributed by atoms with van der Waals surface area (Å²) in [6.07, 6.45) is -5.70. The van der Waals surface area contributed by atoms with Crippen molar-refractivity contribution in [1.82, 2.24) is 14.7 Å². The van der Waals surface area contributed by atoms with E-state index in [0.29, 0.717) is 12.3 Å². The number of alkyl halides is 5. The van der Waals surface area contributed by atoms with Gasteiger partial charge in [-0.1, -0.05) is 12.1 Å². The standard InChI is InChI=1S/C16H18F5N3O/c1-23(8-12-9-24(2)22-15(12)16(19,20)21)7-11-3-5-13(6-4-11)25-10-14(17)18/h3-6,9,14H,7-8,10H2,1-2H3. The highest BCUT2D eigenvalue weighted by molar-refractivity contribution is 5.27. The van der Waals surface area contributed by atoms with Crippen molar-refractivity contribution in [3.63, 3.8) is 0 Å². The van der Waals surface area contributed by atoms with Gasteiger partial charge in [-0.05, 0) is 24.7 Å². The van der Waals surface area contributed by atoms with Crippen LogP contribution in [-0.2, 0) is 26.3 Å². The van der Waals surface area contributed by atoms with Gasteiger partial charge in [-0.15, -0.1) is 0 Å². The number of hydrogen-bond acceptors (Lipinski definition) is 3. The molecule has 0 aliphatic carbocycles. The molecule has 0 spiro atoms. The number of rotatable bonds is 7. The lowest BCUT2D eigenvalue weighted by molar-refractivity contribution is -0.142. The van der Waals surface area contributed by atoms with Crippen molar-refractivity contribution in [2.24, 2.45) is 7.05 Å². The van der Waals surface area contributed by atoms with E-state index in [-0.39, 0.29) is 12.1 Å². The first-order chi connectivity index (χ1) is 11.6. The van der Waals surface area contributed by atoms with Crippen LogP contribution in [0.3, 0.4) is 0 Å². The lowest BCUT2D eigenvalue weighted by Crippen LogP contribution is -2.19. The highest BCUT2D eigenvalue weighted by Gasteiger charge is 2.37. The van der Waals surface area contributed by atoms with E-state index in [4.69, 9.17) is 4.74 Å². The maximum absolute atomic E-state index is 13.0. The summed E-state index contributed by atoms with van der Waals surface area (Å²) < 4.78 is 69.0. The smallest absolute Gasteiger partial charge is 0.435 e. The van der Waals surface area contributed by atoms with Crippen LogP contribution in [0.4, 0.5) is 22.0 Å². The third-order valence-electron chi connectivity index (χ3n) is 3.37. The number of halogens is 5. The van der Waals surface area contributed by atoms with Crippen LogP contribution in [0.15, 0.2) is 30.5 Å². The zero-order chi connectivity index (χ0) is 18.6. The maximum Gasteiger partial charge on any atom is 0.435 e. The van der Waals surface area contributed by atoms with E-state index in [1.54, 1.807) is 36.2 Å². The van der Waals surface area contributed by atoms with Crippen LogP contribution in [0.2, 0.25) is 0 Å². The largest absolute Gasteiger partial charge is 0.488 e. The summed E-state index contributed by atoms with van der Waals surface area (Å²) >= 11 is 0. The SMILES string of the molecule is CN(Cc1ccc(OCC(F)F)cc1)Cc1cn(C)nc1C(F)(F)F. The predicted octanol–water partition coefficient (Wildman–Crippen LogP) is 3.71. The Morgan fingerprint density at radius 2 is 1.80 bits per heavy atom. The number of ether oxygens (including phenoxy) is 1. The molecule has 0 saturated heterocycles. The molecule has 0 amide bonds. The number of nitrogens with zero attached hydrogens (tertiary/aromatic N) is 3. The van der Waals surface area contributed by atoms with Crippen LogP contribution >= 0.6 is 0 Å². The van der Waals surface area contributed by atoms with E-state index in [1.807, 2.05) is 0 Å². The minimum absolute atomic E-state index is 0.0757. The molecular formula is C16H18F5N3O. The Bertz CT molecular complexity index is 682. The summed E-state index contributed by atoms with van der Waals surface area (Å²) in [5.41, 5.74) is 0.0244. The van der Waals surface area contributed by atoms with Crippen LogP contribution in [-0.4, -0.2) is 34.8 Å². The molecule has 1 aromatic heterocycles. The van der Waals surface area contributed by atoms with Gasteiger partial charge in [-0.3, -0.25) is 9.58 Å². The molecule has 1 heterocycles. The van der Waals surface area contributed by atoms with Crippen molar-refractivity contribution in [2.75, 3.05) is 13.7 Å². The molecule has 25 heavy (non-hydrogen) atoms. The van der Waals surface area contributed by atoms with Crippen LogP contribution in [0, 0.1) is 0 Å². The number of aromatic nitrogens is 2. The molecule has 2 aromatic rings. The van der Waals surface area contributed by atoms with Gasteiger partial charge in [-0.25, -0.2) is 8.78 Å². The highest BCUT2D eigenvalue weighted by Crippen LogP contribution is 2.31. The van der Waals surface area contributed by atoms with Crippen molar-refractivity contribution < 1.29 is 26.7 Å². The minimum atomic E-state index is -4.50. The molecule has 0 N–H and O–H groups in total. The third kappa shape index (κ3) is 5.70. The van der Waals surface area contributed by atoms with Crippen molar-refractivity contribution in [1.29, 1.82) is 0 Å². The van der Waals surface area contributed by atoms with Crippen molar-refractivity contribution in [3.8, 4) is 5.75 Å². The quantitative estimate of drug-likeness (QED) is 0.703. The number of benzene rings is 1. The molecule has 0 saturated carbocycles. The minimum Gasteiger partial charge on any atom is -0.488 e. The lowest BCUT2D eigenvalue weighted by atomic mass is 10.2. The van der Waals surface area contributed by atoms with Gasteiger partial charge in [-0.2, -0.15) is 18.3 Å². The van der Waals surface area contributed by atoms with E-state index in [0.717, 1.165) is 10.2 Å². The van der Waals surface area contributed by atoms with E-state index < -0.39 is 24.9 Å². The Kier molecular flexibility index (Phi) is 5.99. The number of aryl methyl sites for hydroxylation is 1. The van der Waals surface area contributed by atoms with Gasteiger partial charge in [0.05, 0.1) is 0 Å². The Morgan fingerprint density at radius 3 is 2.36 bits per heavy atom. The molecule has 0 bridgehead atoms. The molecule has 4 nitrogen and oxygen atoms in total. The van der Waals surface area contributed by atoms with Crippen molar-refractivity contribution >= 4 is 0 Å². The molecule has 0 fully saturated rings. The topological polar surface area (TPSA) is 30.3 Å². The molecule has 0 atom stereocenters. The summed E-state index contributed by atoms with van der Waals surface area (Å²) in [6.45, 7) is -0.214. The molecule has 0 aliphatic heterocycles. The second-order valence-electron chi connectivity index (χ2n) is 5.69. The normalized spacial score (nSPS) is 12.2.